The molecule has 0 spiro atoms. The Labute approximate surface area is 77.1 Å². The van der Waals surface area contributed by atoms with Gasteiger partial charge in [0.25, 0.3) is 0 Å². The van der Waals surface area contributed by atoms with Crippen LogP contribution in [0.3, 0.4) is 0 Å². The van der Waals surface area contributed by atoms with Crippen molar-refractivity contribution in [2.75, 3.05) is 6.54 Å². The zero-order chi connectivity index (χ0) is 8.97. The van der Waals surface area contributed by atoms with Crippen LogP contribution in [0.25, 0.3) is 6.08 Å². The summed E-state index contributed by atoms with van der Waals surface area (Å²) < 4.78 is 0. The third-order valence-electron chi connectivity index (χ3n) is 1.45. The molecule has 0 unspecified atom stereocenters. The number of hydrogen-bond donors (Lipinski definition) is 1. The summed E-state index contributed by atoms with van der Waals surface area (Å²) in [6, 6.07) is 3.85. The van der Waals surface area contributed by atoms with Crippen molar-refractivity contribution in [1.82, 2.24) is 4.98 Å². The average Bonchev–Trinajstić information content (AvgIpc) is 2.03. The molecule has 64 valence electrons. The molecule has 0 aromatic carbocycles. The quantitative estimate of drug-likeness (QED) is 0.711. The van der Waals surface area contributed by atoms with Crippen LogP contribution >= 0.6 is 11.6 Å². The van der Waals surface area contributed by atoms with Crippen LogP contribution in [-0.4, -0.2) is 11.5 Å². The van der Waals surface area contributed by atoms with Gasteiger partial charge in [-0.2, -0.15) is 0 Å². The Kier molecular flexibility index (Phi) is 3.26. The Balaban J connectivity index is 2.94. The van der Waals surface area contributed by atoms with Crippen LogP contribution in [0.2, 0.25) is 5.15 Å². The molecular formula is C9H11ClN2. The smallest absolute Gasteiger partial charge is 0.136 e. The molecule has 0 fully saturated rings. The zero-order valence-corrected chi connectivity index (χ0v) is 7.67. The van der Waals surface area contributed by atoms with Crippen molar-refractivity contribution in [2.45, 2.75) is 6.92 Å². The lowest BCUT2D eigenvalue weighted by Crippen LogP contribution is -1.92. The lowest BCUT2D eigenvalue weighted by atomic mass is 10.2. The highest BCUT2D eigenvalue weighted by Gasteiger charge is 1.96. The maximum atomic E-state index is 5.86. The lowest BCUT2D eigenvalue weighted by Gasteiger charge is -1.97. The molecule has 0 amide bonds. The van der Waals surface area contributed by atoms with E-state index in [1.54, 1.807) is 0 Å². The topological polar surface area (TPSA) is 38.9 Å². The molecule has 0 saturated heterocycles. The summed E-state index contributed by atoms with van der Waals surface area (Å²) in [6.07, 6.45) is 3.72. The molecule has 0 saturated carbocycles. The van der Waals surface area contributed by atoms with Gasteiger partial charge in [-0.25, -0.2) is 4.98 Å². The maximum Gasteiger partial charge on any atom is 0.136 e. The van der Waals surface area contributed by atoms with Crippen LogP contribution in [0.4, 0.5) is 0 Å². The highest BCUT2D eigenvalue weighted by molar-refractivity contribution is 6.30. The van der Waals surface area contributed by atoms with Crippen molar-refractivity contribution in [3.63, 3.8) is 0 Å². The molecular weight excluding hydrogens is 172 g/mol. The van der Waals surface area contributed by atoms with E-state index in [2.05, 4.69) is 4.98 Å². The predicted molar refractivity (Wildman–Crippen MR) is 52.1 cm³/mol. The minimum absolute atomic E-state index is 0.518. The number of aryl methyl sites for hydroxylation is 1. The van der Waals surface area contributed by atoms with Gasteiger partial charge in [-0.3, -0.25) is 0 Å². The second-order valence-electron chi connectivity index (χ2n) is 2.47. The molecule has 0 aliphatic rings. The molecule has 1 heterocycles. The number of pyridine rings is 1. The van der Waals surface area contributed by atoms with Crippen LogP contribution in [-0.2, 0) is 0 Å². The van der Waals surface area contributed by atoms with Gasteiger partial charge in [-0.05, 0) is 13.0 Å². The van der Waals surface area contributed by atoms with Crippen LogP contribution in [0.5, 0.6) is 0 Å². The molecule has 1 rings (SSSR count). The third-order valence-corrected chi connectivity index (χ3v) is 1.75. The van der Waals surface area contributed by atoms with E-state index in [9.17, 15) is 0 Å². The third kappa shape index (κ3) is 2.32. The Bertz CT molecular complexity index is 295. The highest BCUT2D eigenvalue weighted by atomic mass is 35.5. The Morgan fingerprint density at radius 3 is 2.92 bits per heavy atom. The van der Waals surface area contributed by atoms with Crippen molar-refractivity contribution < 1.29 is 0 Å². The normalized spacial score (nSPS) is 10.9. The number of aromatic nitrogens is 1. The van der Waals surface area contributed by atoms with Gasteiger partial charge in [0.2, 0.25) is 0 Å². The first-order valence-corrected chi connectivity index (χ1v) is 4.11. The maximum absolute atomic E-state index is 5.86. The summed E-state index contributed by atoms with van der Waals surface area (Å²) >= 11 is 5.86. The molecule has 0 aliphatic heterocycles. The summed E-state index contributed by atoms with van der Waals surface area (Å²) in [5, 5.41) is 0.528. The SMILES string of the molecule is Cc1ccc(/C=C/CN)c(Cl)n1. The Morgan fingerprint density at radius 2 is 2.33 bits per heavy atom. The fourth-order valence-corrected chi connectivity index (χ4v) is 1.11. The molecule has 0 bridgehead atoms. The molecule has 0 aliphatic carbocycles. The summed E-state index contributed by atoms with van der Waals surface area (Å²) in [7, 11) is 0. The molecule has 0 atom stereocenters. The van der Waals surface area contributed by atoms with Crippen LogP contribution in [0.15, 0.2) is 18.2 Å². The Hall–Kier alpha value is -0.860. The van der Waals surface area contributed by atoms with Crippen molar-refractivity contribution in [2.24, 2.45) is 5.73 Å². The second kappa shape index (κ2) is 4.24. The minimum Gasteiger partial charge on any atom is -0.327 e. The molecule has 3 heteroatoms. The van der Waals surface area contributed by atoms with Crippen LogP contribution in [0, 0.1) is 6.92 Å². The van der Waals surface area contributed by atoms with E-state index < -0.39 is 0 Å². The first-order valence-electron chi connectivity index (χ1n) is 3.74. The molecule has 0 radical (unpaired) electrons. The van der Waals surface area contributed by atoms with E-state index in [4.69, 9.17) is 17.3 Å². The van der Waals surface area contributed by atoms with Gasteiger partial charge in [0, 0.05) is 17.8 Å². The first kappa shape index (κ1) is 9.23. The lowest BCUT2D eigenvalue weighted by molar-refractivity contribution is 1.19. The van der Waals surface area contributed by atoms with Crippen molar-refractivity contribution in [1.29, 1.82) is 0 Å². The van der Waals surface area contributed by atoms with Gasteiger partial charge in [0.05, 0.1) is 0 Å². The Morgan fingerprint density at radius 1 is 1.58 bits per heavy atom. The van der Waals surface area contributed by atoms with E-state index >= 15 is 0 Å². The van der Waals surface area contributed by atoms with E-state index in [0.717, 1.165) is 11.3 Å². The standard InChI is InChI=1S/C9H11ClN2/c1-7-4-5-8(3-2-6-11)9(10)12-7/h2-5H,6,11H2,1H3/b3-2+. The molecule has 2 N–H and O–H groups in total. The minimum atomic E-state index is 0.518. The average molecular weight is 183 g/mol. The summed E-state index contributed by atoms with van der Waals surface area (Å²) in [6.45, 7) is 2.42. The van der Waals surface area contributed by atoms with Gasteiger partial charge in [0.15, 0.2) is 0 Å². The molecule has 2 nitrogen and oxygen atoms in total. The summed E-state index contributed by atoms with van der Waals surface area (Å²) in [5.74, 6) is 0. The largest absolute Gasteiger partial charge is 0.327 e. The summed E-state index contributed by atoms with van der Waals surface area (Å²) in [4.78, 5) is 4.10. The van der Waals surface area contributed by atoms with Gasteiger partial charge in [0.1, 0.15) is 5.15 Å². The monoisotopic (exact) mass is 182 g/mol. The van der Waals surface area contributed by atoms with Crippen LogP contribution in [0.1, 0.15) is 11.3 Å². The van der Waals surface area contributed by atoms with Gasteiger partial charge in [-0.15, -0.1) is 0 Å². The number of nitrogens with two attached hydrogens (primary N) is 1. The van der Waals surface area contributed by atoms with Crippen molar-refractivity contribution in [3.05, 3.63) is 34.6 Å². The van der Waals surface area contributed by atoms with Gasteiger partial charge >= 0.3 is 0 Å². The van der Waals surface area contributed by atoms with Gasteiger partial charge in [-0.1, -0.05) is 29.8 Å². The van der Waals surface area contributed by atoms with Gasteiger partial charge < -0.3 is 5.73 Å². The van der Waals surface area contributed by atoms with E-state index in [1.807, 2.05) is 31.2 Å². The fraction of sp³-hybridized carbons (Fsp3) is 0.222. The molecule has 1 aromatic rings. The van der Waals surface area contributed by atoms with E-state index in [1.165, 1.54) is 0 Å². The predicted octanol–water partition coefficient (Wildman–Crippen LogP) is 2.02. The summed E-state index contributed by atoms with van der Waals surface area (Å²) in [5.41, 5.74) is 7.14. The van der Waals surface area contributed by atoms with E-state index in [0.29, 0.717) is 11.7 Å². The van der Waals surface area contributed by atoms with Crippen molar-refractivity contribution >= 4 is 17.7 Å². The highest BCUT2D eigenvalue weighted by Crippen LogP contribution is 2.14. The molecule has 1 aromatic heterocycles. The number of halogens is 1. The number of rotatable bonds is 2. The van der Waals surface area contributed by atoms with Crippen LogP contribution < -0.4 is 5.73 Å². The van der Waals surface area contributed by atoms with Crippen molar-refractivity contribution in [3.8, 4) is 0 Å². The second-order valence-corrected chi connectivity index (χ2v) is 2.83. The fourth-order valence-electron chi connectivity index (χ4n) is 0.855. The molecule has 12 heavy (non-hydrogen) atoms. The van der Waals surface area contributed by atoms with E-state index in [-0.39, 0.29) is 0 Å². The number of nitrogens with zero attached hydrogens (tertiary/aromatic N) is 1. The zero-order valence-electron chi connectivity index (χ0n) is 6.92. The first-order chi connectivity index (χ1) is 5.74. The number of hydrogen-bond acceptors (Lipinski definition) is 2.